The number of carbonyl (C=O) groups excluding carboxylic acids is 1. The minimum atomic E-state index is -0.806. The number of hydrogen-bond acceptors (Lipinski definition) is 5. The monoisotopic (exact) mass is 363 g/mol. The van der Waals surface area contributed by atoms with Crippen LogP contribution in [0.3, 0.4) is 0 Å². The van der Waals surface area contributed by atoms with Gasteiger partial charge in [-0.05, 0) is 25.1 Å². The molecule has 1 aromatic carbocycles. The maximum Gasteiger partial charge on any atom is 0.257 e. The summed E-state index contributed by atoms with van der Waals surface area (Å²) < 4.78 is 32.1. The average Bonchev–Trinajstić information content (AvgIpc) is 3.14. The van der Waals surface area contributed by atoms with Gasteiger partial charge in [0, 0.05) is 22.4 Å². The predicted molar refractivity (Wildman–Crippen MR) is 90.7 cm³/mol. The summed E-state index contributed by atoms with van der Waals surface area (Å²) in [5.74, 6) is -1.19. The van der Waals surface area contributed by atoms with Crippen LogP contribution >= 0.6 is 11.3 Å². The summed E-state index contributed by atoms with van der Waals surface area (Å²) in [5.41, 5.74) is 0.434. The number of aromatic nitrogens is 2. The Kier molecular flexibility index (Phi) is 4.63. The van der Waals surface area contributed by atoms with Crippen molar-refractivity contribution in [3.63, 3.8) is 0 Å². The van der Waals surface area contributed by atoms with Crippen LogP contribution in [0, 0.1) is 18.6 Å². The van der Waals surface area contributed by atoms with Crippen LogP contribution in [0.1, 0.15) is 40.9 Å². The molecule has 0 saturated carbocycles. The number of benzene rings is 1. The normalized spacial score (nSPS) is 11.1. The Morgan fingerprint density at radius 2 is 1.84 bits per heavy atom. The van der Waals surface area contributed by atoms with Gasteiger partial charge in [-0.15, -0.1) is 21.5 Å². The van der Waals surface area contributed by atoms with E-state index in [1.807, 2.05) is 20.8 Å². The summed E-state index contributed by atoms with van der Waals surface area (Å²) in [6.07, 6.45) is 0. The highest BCUT2D eigenvalue weighted by Crippen LogP contribution is 2.34. The van der Waals surface area contributed by atoms with Gasteiger partial charge in [-0.25, -0.2) is 8.78 Å². The molecule has 0 atom stereocenters. The molecule has 2 aromatic heterocycles. The Hall–Kier alpha value is -2.61. The van der Waals surface area contributed by atoms with Gasteiger partial charge in [-0.1, -0.05) is 13.8 Å². The molecule has 0 radical (unpaired) electrons. The van der Waals surface area contributed by atoms with Crippen molar-refractivity contribution in [1.29, 1.82) is 0 Å². The third-order valence-corrected chi connectivity index (χ3v) is 4.47. The van der Waals surface area contributed by atoms with Crippen molar-refractivity contribution in [2.24, 2.45) is 0 Å². The van der Waals surface area contributed by atoms with Crippen LogP contribution in [-0.4, -0.2) is 16.1 Å². The molecule has 8 heteroatoms. The third-order valence-electron chi connectivity index (χ3n) is 3.44. The van der Waals surface area contributed by atoms with Crippen LogP contribution in [0.2, 0.25) is 0 Å². The van der Waals surface area contributed by atoms with Crippen LogP contribution in [0.5, 0.6) is 0 Å². The topological polar surface area (TPSA) is 68.0 Å². The highest BCUT2D eigenvalue weighted by Gasteiger charge is 2.17. The summed E-state index contributed by atoms with van der Waals surface area (Å²) in [6, 6.07) is 4.37. The maximum absolute atomic E-state index is 13.3. The first-order valence-electron chi connectivity index (χ1n) is 7.55. The number of amides is 1. The van der Waals surface area contributed by atoms with Crippen molar-refractivity contribution in [3.05, 3.63) is 52.2 Å². The fourth-order valence-electron chi connectivity index (χ4n) is 2.16. The number of anilines is 1. The number of halogens is 2. The highest BCUT2D eigenvalue weighted by atomic mass is 32.1. The van der Waals surface area contributed by atoms with Gasteiger partial charge >= 0.3 is 0 Å². The first-order valence-corrected chi connectivity index (χ1v) is 8.37. The molecule has 0 aliphatic carbocycles. The molecule has 0 spiro atoms. The molecule has 0 fully saturated rings. The lowest BCUT2D eigenvalue weighted by Gasteiger charge is -2.04. The van der Waals surface area contributed by atoms with Gasteiger partial charge in [-0.2, -0.15) is 0 Å². The van der Waals surface area contributed by atoms with Crippen molar-refractivity contribution >= 4 is 22.9 Å². The van der Waals surface area contributed by atoms with Crippen molar-refractivity contribution in [2.75, 3.05) is 5.32 Å². The first-order chi connectivity index (χ1) is 11.8. The maximum atomic E-state index is 13.3. The Bertz CT molecular complexity index is 914. The van der Waals surface area contributed by atoms with Gasteiger partial charge in [0.2, 0.25) is 5.89 Å². The molecule has 130 valence electrons. The molecule has 0 bridgehead atoms. The van der Waals surface area contributed by atoms with Gasteiger partial charge < -0.3 is 9.73 Å². The first kappa shape index (κ1) is 17.2. The molecule has 0 aliphatic heterocycles. The standard InChI is InChI=1S/C17H15F2N3O2S/c1-8(2)16-21-22-17(24-16)14-7-13(9(3)25-14)20-15(23)10-4-11(18)6-12(19)5-10/h4-8H,1-3H3,(H,20,23). The smallest absolute Gasteiger partial charge is 0.257 e. The molecule has 3 aromatic rings. The van der Waals surface area contributed by atoms with E-state index in [9.17, 15) is 13.6 Å². The molecule has 0 aliphatic rings. The molecule has 25 heavy (non-hydrogen) atoms. The van der Waals surface area contributed by atoms with E-state index >= 15 is 0 Å². The molecular weight excluding hydrogens is 348 g/mol. The quantitative estimate of drug-likeness (QED) is 0.726. The van der Waals surface area contributed by atoms with E-state index in [1.54, 1.807) is 6.07 Å². The molecule has 2 heterocycles. The lowest BCUT2D eigenvalue weighted by molar-refractivity contribution is 0.102. The molecule has 3 rings (SSSR count). The van der Waals surface area contributed by atoms with Crippen molar-refractivity contribution in [2.45, 2.75) is 26.7 Å². The highest BCUT2D eigenvalue weighted by molar-refractivity contribution is 7.15. The number of carbonyl (C=O) groups is 1. The summed E-state index contributed by atoms with van der Waals surface area (Å²) in [7, 11) is 0. The zero-order valence-electron chi connectivity index (χ0n) is 13.8. The van der Waals surface area contributed by atoms with E-state index in [4.69, 9.17) is 4.42 Å². The van der Waals surface area contributed by atoms with E-state index in [0.717, 1.165) is 17.0 Å². The molecule has 1 amide bonds. The summed E-state index contributed by atoms with van der Waals surface area (Å²) in [4.78, 5) is 13.7. The Morgan fingerprint density at radius 1 is 1.16 bits per heavy atom. The van der Waals surface area contributed by atoms with Gasteiger partial charge in [0.1, 0.15) is 11.6 Å². The third kappa shape index (κ3) is 3.74. The zero-order valence-corrected chi connectivity index (χ0v) is 14.6. The largest absolute Gasteiger partial charge is 0.420 e. The van der Waals surface area contributed by atoms with Crippen molar-refractivity contribution in [3.8, 4) is 10.8 Å². The molecule has 0 unspecified atom stereocenters. The summed E-state index contributed by atoms with van der Waals surface area (Å²) >= 11 is 1.38. The second-order valence-electron chi connectivity index (χ2n) is 5.79. The summed E-state index contributed by atoms with van der Waals surface area (Å²) in [5, 5.41) is 10.6. The molecule has 1 N–H and O–H groups in total. The van der Waals surface area contributed by atoms with E-state index in [1.165, 1.54) is 11.3 Å². The predicted octanol–water partition coefficient (Wildman–Crippen LogP) is 4.76. The van der Waals surface area contributed by atoms with Crippen molar-refractivity contribution < 1.29 is 18.0 Å². The van der Waals surface area contributed by atoms with Crippen LogP contribution in [0.25, 0.3) is 10.8 Å². The number of hydrogen-bond donors (Lipinski definition) is 1. The Balaban J connectivity index is 1.83. The fraction of sp³-hybridized carbons (Fsp3) is 0.235. The van der Waals surface area contributed by atoms with Crippen LogP contribution in [0.15, 0.2) is 28.7 Å². The fourth-order valence-corrected chi connectivity index (χ4v) is 3.05. The number of nitrogens with one attached hydrogen (secondary N) is 1. The van der Waals surface area contributed by atoms with Crippen molar-refractivity contribution in [1.82, 2.24) is 10.2 Å². The second kappa shape index (κ2) is 6.72. The number of thiophene rings is 1. The SMILES string of the molecule is Cc1sc(-c2nnc(C(C)C)o2)cc1NC(=O)c1cc(F)cc(F)c1. The molecule has 0 saturated heterocycles. The minimum Gasteiger partial charge on any atom is -0.420 e. The van der Waals surface area contributed by atoms with E-state index in [2.05, 4.69) is 15.5 Å². The van der Waals surface area contributed by atoms with Gasteiger partial charge in [0.25, 0.3) is 11.8 Å². The van der Waals surface area contributed by atoms with Crippen LogP contribution < -0.4 is 5.32 Å². The lowest BCUT2D eigenvalue weighted by Crippen LogP contribution is -2.12. The van der Waals surface area contributed by atoms with Crippen LogP contribution in [0.4, 0.5) is 14.5 Å². The van der Waals surface area contributed by atoms with Gasteiger partial charge in [0.05, 0.1) is 10.6 Å². The van der Waals surface area contributed by atoms with E-state index in [0.29, 0.717) is 28.4 Å². The Labute approximate surface area is 146 Å². The number of aryl methyl sites for hydroxylation is 1. The minimum absolute atomic E-state index is 0.0930. The van der Waals surface area contributed by atoms with Crippen LogP contribution in [-0.2, 0) is 0 Å². The molecule has 5 nitrogen and oxygen atoms in total. The number of nitrogens with zero attached hydrogens (tertiary/aromatic N) is 2. The Morgan fingerprint density at radius 3 is 2.44 bits per heavy atom. The zero-order chi connectivity index (χ0) is 18.1. The molecular formula is C17H15F2N3O2S. The van der Waals surface area contributed by atoms with Gasteiger partial charge in [-0.3, -0.25) is 4.79 Å². The summed E-state index contributed by atoms with van der Waals surface area (Å²) in [6.45, 7) is 5.71. The van der Waals surface area contributed by atoms with E-state index in [-0.39, 0.29) is 11.5 Å². The lowest BCUT2D eigenvalue weighted by atomic mass is 10.2. The van der Waals surface area contributed by atoms with Gasteiger partial charge in [0.15, 0.2) is 0 Å². The second-order valence-corrected chi connectivity index (χ2v) is 7.05. The van der Waals surface area contributed by atoms with E-state index < -0.39 is 17.5 Å². The average molecular weight is 363 g/mol. The number of rotatable bonds is 4.